The molecule has 0 saturated carbocycles. The van der Waals surface area contributed by atoms with Crippen LogP contribution in [0.1, 0.15) is 57.9 Å². The first kappa shape index (κ1) is 30.4. The Balaban J connectivity index is 1.90. The number of piperidine rings is 1. The molecule has 2 aromatic rings. The molecule has 1 fully saturated rings. The minimum atomic E-state index is -1.09. The van der Waals surface area contributed by atoms with Crippen LogP contribution in [-0.2, 0) is 10.3 Å². The van der Waals surface area contributed by atoms with Crippen LogP contribution in [-0.4, -0.2) is 62.5 Å². The molecular weight excluding hydrogens is 498 g/mol. The highest BCUT2D eigenvalue weighted by Crippen LogP contribution is 2.44. The van der Waals surface area contributed by atoms with Crippen LogP contribution >= 0.6 is 11.6 Å². The molecule has 3 atom stereocenters. The Labute approximate surface area is 234 Å². The first-order chi connectivity index (χ1) is 18.3. The molecule has 0 aliphatic carbocycles. The summed E-state index contributed by atoms with van der Waals surface area (Å²) in [4.78, 5) is 15.3. The van der Waals surface area contributed by atoms with E-state index in [-0.39, 0.29) is 18.0 Å². The van der Waals surface area contributed by atoms with Gasteiger partial charge < -0.3 is 25.4 Å². The number of methoxy groups -OCH3 is 1. The molecule has 0 aromatic heterocycles. The topological polar surface area (TPSA) is 73.8 Å². The normalized spacial score (nSPS) is 18.3. The summed E-state index contributed by atoms with van der Waals surface area (Å²) in [5.41, 5.74) is 1.78. The van der Waals surface area contributed by atoms with Crippen molar-refractivity contribution in [3.63, 3.8) is 0 Å². The number of likely N-dealkylation sites (N-methyl/N-ethyl adjacent to an activating group) is 1. The third kappa shape index (κ3) is 8.19. The quantitative estimate of drug-likeness (QED) is 0.268. The predicted octanol–water partition coefficient (Wildman–Crippen LogP) is 6.07. The number of nitrogens with one attached hydrogen (secondary N) is 2. The summed E-state index contributed by atoms with van der Waals surface area (Å²) in [7, 11) is 3.62. The zero-order valence-electron chi connectivity index (χ0n) is 23.5. The number of urea groups is 1. The van der Waals surface area contributed by atoms with Crippen LogP contribution in [0.3, 0.4) is 0 Å². The molecule has 0 radical (unpaired) electrons. The maximum absolute atomic E-state index is 13.4. The van der Waals surface area contributed by atoms with Crippen molar-refractivity contribution in [3.05, 3.63) is 59.1 Å². The van der Waals surface area contributed by atoms with Gasteiger partial charge in [0, 0.05) is 50.3 Å². The van der Waals surface area contributed by atoms with Gasteiger partial charge in [-0.25, -0.2) is 4.79 Å². The van der Waals surface area contributed by atoms with Crippen LogP contribution in [0.25, 0.3) is 11.1 Å². The molecule has 2 aromatic carbocycles. The Morgan fingerprint density at radius 3 is 2.71 bits per heavy atom. The zero-order valence-corrected chi connectivity index (χ0v) is 24.3. The van der Waals surface area contributed by atoms with Crippen molar-refractivity contribution in [3.8, 4) is 11.1 Å². The van der Waals surface area contributed by atoms with Crippen molar-refractivity contribution in [2.75, 3.05) is 40.4 Å². The molecule has 3 N–H and O–H groups in total. The lowest BCUT2D eigenvalue weighted by Crippen LogP contribution is -2.54. The molecule has 2 amide bonds. The lowest BCUT2D eigenvalue weighted by molar-refractivity contribution is -0.0559. The third-order valence-electron chi connectivity index (χ3n) is 7.60. The number of aliphatic hydroxyl groups is 1. The van der Waals surface area contributed by atoms with E-state index < -0.39 is 5.60 Å². The van der Waals surface area contributed by atoms with Crippen LogP contribution in [0.4, 0.5) is 4.79 Å². The maximum Gasteiger partial charge on any atom is 0.317 e. The van der Waals surface area contributed by atoms with Gasteiger partial charge in [0.15, 0.2) is 0 Å². The van der Waals surface area contributed by atoms with E-state index in [0.29, 0.717) is 37.1 Å². The summed E-state index contributed by atoms with van der Waals surface area (Å²) in [6, 6.07) is 15.9. The number of unbranched alkanes of at least 4 members (excludes halogenated alkanes) is 1. The number of likely N-dealkylation sites (tertiary alicyclic amines) is 1. The van der Waals surface area contributed by atoms with Gasteiger partial charge in [0.2, 0.25) is 0 Å². The van der Waals surface area contributed by atoms with E-state index in [4.69, 9.17) is 16.3 Å². The Hall–Kier alpha value is -2.12. The minimum absolute atomic E-state index is 0.0412. The van der Waals surface area contributed by atoms with E-state index in [1.807, 2.05) is 54.4 Å². The summed E-state index contributed by atoms with van der Waals surface area (Å²) in [6.07, 6.45) is 4.94. The molecule has 210 valence electrons. The van der Waals surface area contributed by atoms with Crippen LogP contribution in [0, 0.1) is 11.8 Å². The molecular formula is C31H46ClN3O3. The second-order valence-corrected chi connectivity index (χ2v) is 11.5. The Kier molecular flexibility index (Phi) is 11.9. The second-order valence-electron chi connectivity index (χ2n) is 11.0. The van der Waals surface area contributed by atoms with Crippen molar-refractivity contribution < 1.29 is 14.6 Å². The van der Waals surface area contributed by atoms with Gasteiger partial charge >= 0.3 is 6.03 Å². The first-order valence-electron chi connectivity index (χ1n) is 14.0. The predicted molar refractivity (Wildman–Crippen MR) is 157 cm³/mol. The molecule has 3 rings (SSSR count). The minimum Gasteiger partial charge on any atom is -0.385 e. The van der Waals surface area contributed by atoms with Gasteiger partial charge in [-0.05, 0) is 80.3 Å². The van der Waals surface area contributed by atoms with E-state index in [1.54, 1.807) is 7.11 Å². The van der Waals surface area contributed by atoms with Gasteiger partial charge in [-0.15, -0.1) is 0 Å². The number of hydrogen-bond acceptors (Lipinski definition) is 4. The average Bonchev–Trinajstić information content (AvgIpc) is 2.91. The zero-order chi connectivity index (χ0) is 27.5. The fourth-order valence-corrected chi connectivity index (χ4v) is 5.98. The number of carbonyl (C=O) groups excluding carboxylic acids is 1. The summed E-state index contributed by atoms with van der Waals surface area (Å²) in [6.45, 7) is 6.96. The monoisotopic (exact) mass is 543 g/mol. The Bertz CT molecular complexity index is 1020. The summed E-state index contributed by atoms with van der Waals surface area (Å²) >= 11 is 6.35. The highest BCUT2D eigenvalue weighted by Gasteiger charge is 2.42. The SMILES string of the molecule is CNCC(CC(C)C)NC(=O)N1CCCC(C(O)(CCCCOC)c2ccccc2-c2cccc(Cl)c2)C1. The molecule has 0 bridgehead atoms. The molecule has 1 aliphatic heterocycles. The number of benzene rings is 2. The van der Waals surface area contributed by atoms with Gasteiger partial charge in [0.1, 0.15) is 0 Å². The third-order valence-corrected chi connectivity index (χ3v) is 7.84. The lowest BCUT2D eigenvalue weighted by atomic mass is 9.72. The van der Waals surface area contributed by atoms with Crippen molar-refractivity contribution >= 4 is 17.6 Å². The maximum atomic E-state index is 13.4. The van der Waals surface area contributed by atoms with Gasteiger partial charge in [0.05, 0.1) is 5.60 Å². The van der Waals surface area contributed by atoms with Gasteiger partial charge in [-0.2, -0.15) is 0 Å². The number of nitrogens with zero attached hydrogens (tertiary/aromatic N) is 1. The van der Waals surface area contributed by atoms with Crippen molar-refractivity contribution in [1.29, 1.82) is 0 Å². The Morgan fingerprint density at radius 1 is 1.21 bits per heavy atom. The Morgan fingerprint density at radius 2 is 2.00 bits per heavy atom. The standard InChI is InChI=1S/C31H46ClN3O3/c1-23(2)19-27(21-33-3)34-30(36)35-17-10-12-25(22-35)31(37,16-7-8-18-38-4)29-15-6-5-14-28(29)24-11-9-13-26(32)20-24/h5-6,9,11,13-15,20,23,25,27,33,37H,7-8,10,12,16-19,21-22H2,1-4H3,(H,34,36). The molecule has 3 unspecified atom stereocenters. The van der Waals surface area contributed by atoms with Crippen molar-refractivity contribution in [2.45, 2.75) is 64.0 Å². The largest absolute Gasteiger partial charge is 0.385 e. The van der Waals surface area contributed by atoms with Gasteiger partial charge in [-0.3, -0.25) is 0 Å². The number of halogens is 1. The van der Waals surface area contributed by atoms with E-state index in [1.165, 1.54) is 0 Å². The molecule has 0 spiro atoms. The molecule has 7 heteroatoms. The summed E-state index contributed by atoms with van der Waals surface area (Å²) < 4.78 is 5.28. The highest BCUT2D eigenvalue weighted by molar-refractivity contribution is 6.30. The fourth-order valence-electron chi connectivity index (χ4n) is 5.79. The molecule has 1 saturated heterocycles. The summed E-state index contributed by atoms with van der Waals surface area (Å²) in [5, 5.41) is 19.7. The van der Waals surface area contributed by atoms with Crippen LogP contribution in [0.15, 0.2) is 48.5 Å². The molecule has 6 nitrogen and oxygen atoms in total. The van der Waals surface area contributed by atoms with E-state index >= 15 is 0 Å². The van der Waals surface area contributed by atoms with Crippen LogP contribution in [0.5, 0.6) is 0 Å². The smallest absolute Gasteiger partial charge is 0.317 e. The van der Waals surface area contributed by atoms with Gasteiger partial charge in [0.25, 0.3) is 0 Å². The molecule has 1 heterocycles. The van der Waals surface area contributed by atoms with E-state index in [2.05, 4.69) is 30.5 Å². The molecule has 38 heavy (non-hydrogen) atoms. The fraction of sp³-hybridized carbons (Fsp3) is 0.581. The van der Waals surface area contributed by atoms with Crippen LogP contribution in [0.2, 0.25) is 5.02 Å². The highest BCUT2D eigenvalue weighted by atomic mass is 35.5. The average molecular weight is 544 g/mol. The lowest BCUT2D eigenvalue weighted by Gasteiger charge is -2.44. The first-order valence-corrected chi connectivity index (χ1v) is 14.4. The molecule has 1 aliphatic rings. The number of hydrogen-bond donors (Lipinski definition) is 3. The van der Waals surface area contributed by atoms with Crippen LogP contribution < -0.4 is 10.6 Å². The number of carbonyl (C=O) groups is 1. The van der Waals surface area contributed by atoms with E-state index in [0.717, 1.165) is 55.3 Å². The van der Waals surface area contributed by atoms with Crippen molar-refractivity contribution in [2.24, 2.45) is 11.8 Å². The number of rotatable bonds is 13. The summed E-state index contributed by atoms with van der Waals surface area (Å²) in [5.74, 6) is 0.403. The second kappa shape index (κ2) is 14.9. The van der Waals surface area contributed by atoms with Crippen molar-refractivity contribution in [1.82, 2.24) is 15.5 Å². The number of amides is 2. The number of ether oxygens (including phenoxy) is 1. The van der Waals surface area contributed by atoms with E-state index in [9.17, 15) is 9.90 Å². The van der Waals surface area contributed by atoms with Gasteiger partial charge in [-0.1, -0.05) is 61.8 Å².